The van der Waals surface area contributed by atoms with Gasteiger partial charge in [-0.05, 0) is 30.8 Å². The molecule has 0 aliphatic carbocycles. The molecule has 0 saturated heterocycles. The standard InChI is InChI=1S/C11H8BrF3O3S/c1-5(16)9(12)8-6(10(17)18)3-2-4-7(8)19-11(13,14)15/h2-4,9H,1H3,(H,17,18). The summed E-state index contributed by atoms with van der Waals surface area (Å²) in [4.78, 5) is 21.0. The molecule has 8 heteroatoms. The number of carboxylic acid groups (broad SMARTS) is 1. The number of hydrogen-bond donors (Lipinski definition) is 1. The summed E-state index contributed by atoms with van der Waals surface area (Å²) in [5.41, 5.74) is -5.06. The average molecular weight is 357 g/mol. The van der Waals surface area contributed by atoms with Crippen LogP contribution in [0.4, 0.5) is 13.2 Å². The highest BCUT2D eigenvalue weighted by Crippen LogP contribution is 2.43. The number of rotatable bonds is 4. The van der Waals surface area contributed by atoms with Crippen molar-refractivity contribution in [1.29, 1.82) is 0 Å². The van der Waals surface area contributed by atoms with Crippen LogP contribution in [0.1, 0.15) is 27.7 Å². The van der Waals surface area contributed by atoms with Gasteiger partial charge in [-0.3, -0.25) is 4.79 Å². The van der Waals surface area contributed by atoms with Crippen molar-refractivity contribution < 1.29 is 27.9 Å². The fourth-order valence-corrected chi connectivity index (χ4v) is 2.79. The van der Waals surface area contributed by atoms with Gasteiger partial charge in [-0.15, -0.1) is 0 Å². The van der Waals surface area contributed by atoms with Gasteiger partial charge in [-0.2, -0.15) is 13.2 Å². The zero-order chi connectivity index (χ0) is 14.8. The molecule has 104 valence electrons. The summed E-state index contributed by atoms with van der Waals surface area (Å²) in [6.07, 6.45) is 0. The van der Waals surface area contributed by atoms with Crippen LogP contribution < -0.4 is 0 Å². The number of Topliss-reactive ketones (excluding diaryl/α,β-unsaturated/α-hetero) is 1. The Balaban J connectivity index is 3.42. The van der Waals surface area contributed by atoms with Crippen LogP contribution in [0.2, 0.25) is 0 Å². The van der Waals surface area contributed by atoms with Gasteiger partial charge in [0.05, 0.1) is 10.4 Å². The van der Waals surface area contributed by atoms with E-state index in [1.807, 2.05) is 0 Å². The van der Waals surface area contributed by atoms with Gasteiger partial charge in [0.25, 0.3) is 0 Å². The first-order chi connectivity index (χ1) is 8.63. The van der Waals surface area contributed by atoms with E-state index in [1.165, 1.54) is 13.0 Å². The van der Waals surface area contributed by atoms with Crippen LogP contribution >= 0.6 is 27.7 Å². The predicted octanol–water partition coefficient (Wildman–Crippen LogP) is 4.02. The summed E-state index contributed by atoms with van der Waals surface area (Å²) in [6.45, 7) is 1.17. The quantitative estimate of drug-likeness (QED) is 0.653. The van der Waals surface area contributed by atoms with Gasteiger partial charge in [0.15, 0.2) is 0 Å². The number of ketones is 1. The largest absolute Gasteiger partial charge is 0.478 e. The topological polar surface area (TPSA) is 54.4 Å². The number of aromatic carboxylic acids is 1. The zero-order valence-electron chi connectivity index (χ0n) is 9.49. The van der Waals surface area contributed by atoms with Gasteiger partial charge >= 0.3 is 11.5 Å². The molecule has 0 heterocycles. The van der Waals surface area contributed by atoms with Crippen molar-refractivity contribution in [3.63, 3.8) is 0 Å². The van der Waals surface area contributed by atoms with Crippen LogP contribution in [-0.4, -0.2) is 22.4 Å². The Morgan fingerprint density at radius 1 is 1.37 bits per heavy atom. The molecular formula is C11H8BrF3O3S. The second kappa shape index (κ2) is 5.96. The molecule has 1 N–H and O–H groups in total. The van der Waals surface area contributed by atoms with Gasteiger partial charge in [0.2, 0.25) is 0 Å². The second-order valence-electron chi connectivity index (χ2n) is 3.54. The monoisotopic (exact) mass is 356 g/mol. The first-order valence-corrected chi connectivity index (χ1v) is 6.63. The lowest BCUT2D eigenvalue weighted by Crippen LogP contribution is -2.12. The Labute approximate surface area is 119 Å². The van der Waals surface area contributed by atoms with Crippen LogP contribution in [0.5, 0.6) is 0 Å². The molecule has 0 aliphatic heterocycles. The Kier molecular flexibility index (Phi) is 5.03. The fraction of sp³-hybridized carbons (Fsp3) is 0.273. The molecule has 0 bridgehead atoms. The highest BCUT2D eigenvalue weighted by molar-refractivity contribution is 9.09. The molecule has 0 aliphatic rings. The van der Waals surface area contributed by atoms with E-state index in [-0.39, 0.29) is 16.0 Å². The molecule has 1 aromatic rings. The summed E-state index contributed by atoms with van der Waals surface area (Å²) < 4.78 is 37.3. The normalized spacial score (nSPS) is 13.1. The first-order valence-electron chi connectivity index (χ1n) is 4.90. The van der Waals surface area contributed by atoms with Gasteiger partial charge < -0.3 is 5.11 Å². The summed E-state index contributed by atoms with van der Waals surface area (Å²) in [7, 11) is 0. The number of hydrogen-bond acceptors (Lipinski definition) is 3. The SMILES string of the molecule is CC(=O)C(Br)c1c(SC(F)(F)F)cccc1C(=O)O. The van der Waals surface area contributed by atoms with E-state index in [4.69, 9.17) is 5.11 Å². The van der Waals surface area contributed by atoms with Crippen molar-refractivity contribution >= 4 is 39.4 Å². The Bertz CT molecular complexity index is 516. The zero-order valence-corrected chi connectivity index (χ0v) is 11.9. The summed E-state index contributed by atoms with van der Waals surface area (Å²) in [6, 6.07) is 3.51. The highest BCUT2D eigenvalue weighted by atomic mass is 79.9. The Morgan fingerprint density at radius 2 is 1.95 bits per heavy atom. The van der Waals surface area contributed by atoms with Crippen molar-refractivity contribution in [3.05, 3.63) is 29.3 Å². The molecular weight excluding hydrogens is 349 g/mol. The molecule has 1 aromatic carbocycles. The number of carboxylic acids is 1. The number of benzene rings is 1. The molecule has 3 nitrogen and oxygen atoms in total. The molecule has 1 atom stereocenters. The number of carbonyl (C=O) groups is 2. The van der Waals surface area contributed by atoms with Crippen LogP contribution in [-0.2, 0) is 4.79 Å². The lowest BCUT2D eigenvalue weighted by molar-refractivity contribution is -0.116. The molecule has 0 aromatic heterocycles. The number of carbonyl (C=O) groups excluding carboxylic acids is 1. The Morgan fingerprint density at radius 3 is 2.37 bits per heavy atom. The van der Waals surface area contributed by atoms with E-state index < -0.39 is 33.8 Å². The third kappa shape index (κ3) is 4.24. The van der Waals surface area contributed by atoms with E-state index in [9.17, 15) is 22.8 Å². The predicted molar refractivity (Wildman–Crippen MR) is 67.7 cm³/mol. The smallest absolute Gasteiger partial charge is 0.446 e. The van der Waals surface area contributed by atoms with Gasteiger partial charge in [0.1, 0.15) is 5.78 Å². The van der Waals surface area contributed by atoms with Crippen molar-refractivity contribution in [3.8, 4) is 0 Å². The van der Waals surface area contributed by atoms with Crippen molar-refractivity contribution in [1.82, 2.24) is 0 Å². The first kappa shape index (κ1) is 16.0. The van der Waals surface area contributed by atoms with Crippen LogP contribution in [0.25, 0.3) is 0 Å². The van der Waals surface area contributed by atoms with Crippen LogP contribution in [0.15, 0.2) is 23.1 Å². The third-order valence-corrected chi connectivity index (χ3v) is 4.04. The van der Waals surface area contributed by atoms with Crippen molar-refractivity contribution in [2.45, 2.75) is 22.2 Å². The second-order valence-corrected chi connectivity index (χ2v) is 5.57. The number of alkyl halides is 4. The lowest BCUT2D eigenvalue weighted by Gasteiger charge is -2.16. The molecule has 0 fully saturated rings. The third-order valence-electron chi connectivity index (χ3n) is 2.13. The minimum Gasteiger partial charge on any atom is -0.478 e. The average Bonchev–Trinajstić information content (AvgIpc) is 2.25. The molecule has 0 radical (unpaired) electrons. The van der Waals surface area contributed by atoms with E-state index in [0.717, 1.165) is 12.1 Å². The van der Waals surface area contributed by atoms with Gasteiger partial charge in [-0.25, -0.2) is 4.79 Å². The lowest BCUT2D eigenvalue weighted by atomic mass is 10.0. The maximum atomic E-state index is 12.4. The molecule has 19 heavy (non-hydrogen) atoms. The summed E-state index contributed by atoms with van der Waals surface area (Å²) in [5, 5.41) is 9.00. The van der Waals surface area contributed by atoms with Crippen molar-refractivity contribution in [2.75, 3.05) is 0 Å². The fourth-order valence-electron chi connectivity index (χ4n) is 1.41. The number of halogens is 4. The minimum atomic E-state index is -4.56. The Hall–Kier alpha value is -1.02. The van der Waals surface area contributed by atoms with Crippen LogP contribution in [0.3, 0.4) is 0 Å². The van der Waals surface area contributed by atoms with E-state index in [2.05, 4.69) is 15.9 Å². The van der Waals surface area contributed by atoms with E-state index >= 15 is 0 Å². The molecule has 0 saturated carbocycles. The molecule has 1 rings (SSSR count). The van der Waals surface area contributed by atoms with Crippen LogP contribution in [0, 0.1) is 0 Å². The molecule has 0 amide bonds. The maximum absolute atomic E-state index is 12.4. The summed E-state index contributed by atoms with van der Waals surface area (Å²) in [5.74, 6) is -1.86. The highest BCUT2D eigenvalue weighted by Gasteiger charge is 2.33. The maximum Gasteiger partial charge on any atom is 0.446 e. The molecule has 0 spiro atoms. The molecule has 1 unspecified atom stereocenters. The minimum absolute atomic E-state index is 0.176. The van der Waals surface area contributed by atoms with Gasteiger partial charge in [0, 0.05) is 10.5 Å². The van der Waals surface area contributed by atoms with E-state index in [1.54, 1.807) is 0 Å². The van der Waals surface area contributed by atoms with Crippen molar-refractivity contribution in [2.24, 2.45) is 0 Å². The van der Waals surface area contributed by atoms with Gasteiger partial charge in [-0.1, -0.05) is 22.0 Å². The summed E-state index contributed by atoms with van der Waals surface area (Å²) >= 11 is 2.49. The van der Waals surface area contributed by atoms with E-state index in [0.29, 0.717) is 0 Å². The number of thioether (sulfide) groups is 1.